The fourth-order valence-corrected chi connectivity index (χ4v) is 3.17. The average molecular weight is 378 g/mol. The van der Waals surface area contributed by atoms with Crippen molar-refractivity contribution < 1.29 is 13.9 Å². The Kier molecular flexibility index (Phi) is 4.65. The highest BCUT2D eigenvalue weighted by molar-refractivity contribution is 6.04. The molecule has 6 nitrogen and oxygen atoms in total. The van der Waals surface area contributed by atoms with Crippen LogP contribution in [0.25, 0.3) is 0 Å². The van der Waals surface area contributed by atoms with Crippen molar-refractivity contribution in [3.8, 4) is 5.75 Å². The van der Waals surface area contributed by atoms with Crippen LogP contribution in [0.4, 0.5) is 20.6 Å². The monoisotopic (exact) mass is 378 g/mol. The van der Waals surface area contributed by atoms with Crippen molar-refractivity contribution >= 4 is 17.4 Å². The maximum absolute atomic E-state index is 13.7. The predicted molar refractivity (Wildman–Crippen MR) is 104 cm³/mol. The number of benzene rings is 1. The number of anilines is 2. The molecule has 0 radical (unpaired) electrons. The molecule has 0 unspecified atom stereocenters. The number of carbonyl (C=O) groups excluding carboxylic acids is 1. The van der Waals surface area contributed by atoms with Gasteiger partial charge in [-0.05, 0) is 43.7 Å². The Balaban J connectivity index is 1.60. The Morgan fingerprint density at radius 3 is 2.86 bits per heavy atom. The van der Waals surface area contributed by atoms with Crippen LogP contribution in [0.2, 0.25) is 0 Å². The van der Waals surface area contributed by atoms with Gasteiger partial charge in [0, 0.05) is 29.7 Å². The number of aromatic nitrogens is 2. The van der Waals surface area contributed by atoms with E-state index < -0.39 is 5.82 Å². The second-order valence-corrected chi connectivity index (χ2v) is 6.61. The minimum Gasteiger partial charge on any atom is -0.487 e. The zero-order valence-electron chi connectivity index (χ0n) is 15.6. The molecule has 1 aromatic carbocycles. The van der Waals surface area contributed by atoms with Crippen molar-refractivity contribution in [1.82, 2.24) is 9.97 Å². The lowest BCUT2D eigenvalue weighted by Crippen LogP contribution is -2.39. The summed E-state index contributed by atoms with van der Waals surface area (Å²) in [5, 5.41) is 2.91. The zero-order valence-corrected chi connectivity index (χ0v) is 15.6. The summed E-state index contributed by atoms with van der Waals surface area (Å²) < 4.78 is 19.5. The molecule has 142 valence electrons. The lowest BCUT2D eigenvalue weighted by molar-refractivity contribution is 0.256. The van der Waals surface area contributed by atoms with Gasteiger partial charge in [-0.3, -0.25) is 14.9 Å². The molecule has 0 saturated heterocycles. The van der Waals surface area contributed by atoms with Crippen LogP contribution in [0.15, 0.2) is 48.8 Å². The van der Waals surface area contributed by atoms with Gasteiger partial charge < -0.3 is 10.1 Å². The number of nitrogens with zero attached hydrogens (tertiary/aromatic N) is 3. The van der Waals surface area contributed by atoms with Gasteiger partial charge in [0.15, 0.2) is 0 Å². The Bertz CT molecular complexity index is 1050. The normalized spacial score (nSPS) is 13.1. The summed E-state index contributed by atoms with van der Waals surface area (Å²) in [6.45, 7) is 4.27. The Morgan fingerprint density at radius 2 is 2.04 bits per heavy atom. The third-order valence-corrected chi connectivity index (χ3v) is 4.76. The summed E-state index contributed by atoms with van der Waals surface area (Å²) in [6.07, 6.45) is 3.20. The maximum Gasteiger partial charge on any atom is 0.326 e. The van der Waals surface area contributed by atoms with E-state index >= 15 is 0 Å². The number of fused-ring (bicyclic) bond motifs is 1. The maximum atomic E-state index is 13.7. The Hall–Kier alpha value is -3.48. The van der Waals surface area contributed by atoms with Crippen LogP contribution in [0.1, 0.15) is 22.5 Å². The molecular formula is C21H19FN4O2. The highest BCUT2D eigenvalue weighted by atomic mass is 19.1. The molecule has 4 rings (SSSR count). The SMILES string of the molecule is Cc1ccc(OCc2ncccc2F)cc1N1Cc2c(ccnc2C)NC1=O. The molecule has 7 heteroatoms. The standard InChI is InChI=1S/C21H19FN4O2/c1-13-5-6-15(28-12-19-17(22)4-3-8-24-19)10-20(13)26-11-16-14(2)23-9-7-18(16)25-21(26)27/h3-10H,11-12H2,1-2H3,(H,25,27). The molecule has 1 aliphatic rings. The lowest BCUT2D eigenvalue weighted by Gasteiger charge is -2.31. The summed E-state index contributed by atoms with van der Waals surface area (Å²) in [5.41, 5.74) is 4.52. The van der Waals surface area contributed by atoms with E-state index in [4.69, 9.17) is 4.74 Å². The number of pyridine rings is 2. The van der Waals surface area contributed by atoms with E-state index in [0.29, 0.717) is 12.3 Å². The number of halogens is 1. The number of hydrogen-bond donors (Lipinski definition) is 1. The fraction of sp³-hybridized carbons (Fsp3) is 0.190. The first-order chi connectivity index (χ1) is 13.5. The number of rotatable bonds is 4. The van der Waals surface area contributed by atoms with Crippen LogP contribution in [-0.2, 0) is 13.2 Å². The molecule has 0 atom stereocenters. The minimum atomic E-state index is -0.412. The quantitative estimate of drug-likeness (QED) is 0.732. The van der Waals surface area contributed by atoms with Crippen LogP contribution >= 0.6 is 0 Å². The number of hydrogen-bond acceptors (Lipinski definition) is 4. The molecular weight excluding hydrogens is 359 g/mol. The second-order valence-electron chi connectivity index (χ2n) is 6.61. The summed E-state index contributed by atoms with van der Waals surface area (Å²) in [5.74, 6) is 0.122. The minimum absolute atomic E-state index is 0.00717. The van der Waals surface area contributed by atoms with Crippen molar-refractivity contribution in [2.75, 3.05) is 10.2 Å². The van der Waals surface area contributed by atoms with E-state index in [-0.39, 0.29) is 18.3 Å². The van der Waals surface area contributed by atoms with E-state index in [1.54, 1.807) is 29.3 Å². The van der Waals surface area contributed by atoms with Crippen molar-refractivity contribution in [3.63, 3.8) is 0 Å². The number of urea groups is 1. The number of amides is 2. The Labute approximate surface area is 162 Å². The van der Waals surface area contributed by atoms with Gasteiger partial charge in [0.05, 0.1) is 17.9 Å². The first-order valence-corrected chi connectivity index (χ1v) is 8.89. The largest absolute Gasteiger partial charge is 0.487 e. The van der Waals surface area contributed by atoms with Crippen molar-refractivity contribution in [1.29, 1.82) is 0 Å². The number of aryl methyl sites for hydroxylation is 2. The smallest absolute Gasteiger partial charge is 0.326 e. The average Bonchev–Trinajstić information content (AvgIpc) is 2.68. The molecule has 0 bridgehead atoms. The molecule has 0 saturated carbocycles. The third-order valence-electron chi connectivity index (χ3n) is 4.76. The molecule has 28 heavy (non-hydrogen) atoms. The molecule has 0 aliphatic carbocycles. The molecule has 1 aliphatic heterocycles. The second kappa shape index (κ2) is 7.26. The zero-order chi connectivity index (χ0) is 19.7. The molecule has 1 N–H and O–H groups in total. The molecule has 2 amide bonds. The van der Waals surface area contributed by atoms with Gasteiger partial charge in [-0.1, -0.05) is 6.07 Å². The van der Waals surface area contributed by atoms with Crippen LogP contribution in [0, 0.1) is 19.7 Å². The summed E-state index contributed by atoms with van der Waals surface area (Å²) in [6, 6.07) is 9.91. The van der Waals surface area contributed by atoms with Crippen molar-refractivity contribution in [2.45, 2.75) is 27.0 Å². The fourth-order valence-electron chi connectivity index (χ4n) is 3.17. The predicted octanol–water partition coefficient (Wildman–Crippen LogP) is 4.36. The van der Waals surface area contributed by atoms with E-state index in [1.165, 1.54) is 18.3 Å². The highest BCUT2D eigenvalue weighted by Crippen LogP contribution is 2.32. The van der Waals surface area contributed by atoms with Gasteiger partial charge in [0.1, 0.15) is 23.9 Å². The van der Waals surface area contributed by atoms with Gasteiger partial charge in [0.2, 0.25) is 0 Å². The van der Waals surface area contributed by atoms with Gasteiger partial charge in [-0.25, -0.2) is 9.18 Å². The summed E-state index contributed by atoms with van der Waals surface area (Å²) in [7, 11) is 0. The number of ether oxygens (including phenoxy) is 1. The molecule has 3 heterocycles. The van der Waals surface area contributed by atoms with Gasteiger partial charge in [-0.15, -0.1) is 0 Å². The topological polar surface area (TPSA) is 67.3 Å². The van der Waals surface area contributed by atoms with E-state index in [9.17, 15) is 9.18 Å². The lowest BCUT2D eigenvalue weighted by atomic mass is 10.1. The first-order valence-electron chi connectivity index (χ1n) is 8.89. The van der Waals surface area contributed by atoms with E-state index in [1.807, 2.05) is 19.9 Å². The van der Waals surface area contributed by atoms with E-state index in [2.05, 4.69) is 15.3 Å². The van der Waals surface area contributed by atoms with Gasteiger partial charge >= 0.3 is 6.03 Å². The van der Waals surface area contributed by atoms with Gasteiger partial charge in [-0.2, -0.15) is 0 Å². The molecule has 0 spiro atoms. The number of nitrogens with one attached hydrogen (secondary N) is 1. The first kappa shape index (κ1) is 17.9. The van der Waals surface area contributed by atoms with Crippen molar-refractivity contribution in [3.05, 3.63) is 77.1 Å². The molecule has 0 fully saturated rings. The van der Waals surface area contributed by atoms with Crippen molar-refractivity contribution in [2.24, 2.45) is 0 Å². The highest BCUT2D eigenvalue weighted by Gasteiger charge is 2.26. The molecule has 3 aromatic rings. The number of carbonyl (C=O) groups is 1. The Morgan fingerprint density at radius 1 is 1.18 bits per heavy atom. The summed E-state index contributed by atoms with van der Waals surface area (Å²) in [4.78, 5) is 22.6. The van der Waals surface area contributed by atoms with E-state index in [0.717, 1.165) is 28.2 Å². The van der Waals surface area contributed by atoms with Crippen LogP contribution in [0.5, 0.6) is 5.75 Å². The van der Waals surface area contributed by atoms with Crippen LogP contribution in [0.3, 0.4) is 0 Å². The third kappa shape index (κ3) is 3.38. The molecule has 2 aromatic heterocycles. The summed E-state index contributed by atoms with van der Waals surface area (Å²) >= 11 is 0. The van der Waals surface area contributed by atoms with Crippen LogP contribution in [-0.4, -0.2) is 16.0 Å². The van der Waals surface area contributed by atoms with Crippen LogP contribution < -0.4 is 15.0 Å². The van der Waals surface area contributed by atoms with Gasteiger partial charge in [0.25, 0.3) is 0 Å².